The summed E-state index contributed by atoms with van der Waals surface area (Å²) >= 11 is -1.45. The molecule has 2 aromatic rings. The minimum atomic E-state index is -4.57. The van der Waals surface area contributed by atoms with Gasteiger partial charge in [0.05, 0.1) is 23.8 Å². The fourth-order valence-electron chi connectivity index (χ4n) is 1.99. The van der Waals surface area contributed by atoms with Crippen molar-refractivity contribution < 1.29 is 27.3 Å². The Morgan fingerprint density at radius 1 is 1.36 bits per heavy atom. The number of methoxy groups -OCH3 is 1. The van der Waals surface area contributed by atoms with Gasteiger partial charge in [0.25, 0.3) is 0 Å². The van der Waals surface area contributed by atoms with E-state index < -0.39 is 28.7 Å². The van der Waals surface area contributed by atoms with Gasteiger partial charge in [0.2, 0.25) is 5.78 Å². The molecule has 1 heterocycles. The third kappa shape index (κ3) is 4.02. The molecule has 0 fully saturated rings. The van der Waals surface area contributed by atoms with Gasteiger partial charge in [-0.2, -0.15) is 23.1 Å². The zero-order valence-electron chi connectivity index (χ0n) is 13.3. The highest BCUT2D eigenvalue weighted by Gasteiger charge is 2.32. The number of rotatable bonds is 5. The van der Waals surface area contributed by atoms with Gasteiger partial charge in [-0.3, -0.25) is 4.79 Å². The van der Waals surface area contributed by atoms with Crippen LogP contribution in [0.4, 0.5) is 19.0 Å². The van der Waals surface area contributed by atoms with Crippen LogP contribution in [0.5, 0.6) is 5.75 Å². The van der Waals surface area contributed by atoms with E-state index >= 15 is 0 Å². The largest absolute Gasteiger partial charge is 0.609 e. The Morgan fingerprint density at radius 3 is 2.56 bits per heavy atom. The van der Waals surface area contributed by atoms with Gasteiger partial charge >= 0.3 is 11.3 Å². The molecular weight excluding hydrogens is 359 g/mol. The van der Waals surface area contributed by atoms with Crippen molar-refractivity contribution in [1.82, 2.24) is 9.97 Å². The van der Waals surface area contributed by atoms with Crippen molar-refractivity contribution in [3.8, 4) is 5.75 Å². The fraction of sp³-hybridized carbons (Fsp3) is 0.267. The monoisotopic (exact) mass is 373 g/mol. The maximum absolute atomic E-state index is 12.8. The van der Waals surface area contributed by atoms with Crippen molar-refractivity contribution in [1.29, 1.82) is 0 Å². The lowest BCUT2D eigenvalue weighted by atomic mass is 10.0. The SMILES string of the molecule is CC[S+]([O-])c1ncc(C(=O)c2ccc(C(F)(F)F)cc2OC)c(N)n1. The van der Waals surface area contributed by atoms with Crippen molar-refractivity contribution in [2.75, 3.05) is 18.6 Å². The number of hydrogen-bond donors (Lipinski definition) is 1. The number of nitrogens with zero attached hydrogens (tertiary/aromatic N) is 2. The number of nitrogen functional groups attached to an aromatic ring is 1. The highest BCUT2D eigenvalue weighted by molar-refractivity contribution is 7.91. The van der Waals surface area contributed by atoms with Crippen LogP contribution in [0.3, 0.4) is 0 Å². The summed E-state index contributed by atoms with van der Waals surface area (Å²) in [6, 6.07) is 2.50. The van der Waals surface area contributed by atoms with Crippen LogP contribution in [-0.2, 0) is 17.4 Å². The van der Waals surface area contributed by atoms with Crippen molar-refractivity contribution in [2.24, 2.45) is 0 Å². The molecule has 25 heavy (non-hydrogen) atoms. The lowest BCUT2D eigenvalue weighted by Gasteiger charge is -2.13. The molecule has 1 atom stereocenters. The van der Waals surface area contributed by atoms with Gasteiger partial charge in [0, 0.05) is 17.4 Å². The van der Waals surface area contributed by atoms with E-state index in [4.69, 9.17) is 10.5 Å². The van der Waals surface area contributed by atoms with E-state index in [1.807, 2.05) is 0 Å². The standard InChI is InChI=1S/C15H14F3N3O3S/c1-3-25(23)14-20-7-10(13(19)21-14)12(22)9-5-4-8(15(16,17)18)6-11(9)24-2/h4-7H,3H2,1-2H3,(H2,19,20,21). The van der Waals surface area contributed by atoms with Crippen LogP contribution in [0, 0.1) is 0 Å². The van der Waals surface area contributed by atoms with Crippen molar-refractivity contribution in [3.63, 3.8) is 0 Å². The molecule has 0 aliphatic carbocycles. The molecular formula is C15H14F3N3O3S. The predicted octanol–water partition coefficient (Wildman–Crippen LogP) is 2.44. The van der Waals surface area contributed by atoms with Crippen molar-refractivity contribution >= 4 is 22.8 Å². The summed E-state index contributed by atoms with van der Waals surface area (Å²) in [4.78, 5) is 20.2. The summed E-state index contributed by atoms with van der Waals surface area (Å²) in [5.41, 5.74) is 4.54. The number of benzene rings is 1. The first-order chi connectivity index (χ1) is 11.7. The van der Waals surface area contributed by atoms with Crippen LogP contribution < -0.4 is 10.5 Å². The second kappa shape index (κ2) is 7.28. The number of aromatic nitrogens is 2. The third-order valence-corrected chi connectivity index (χ3v) is 4.41. The number of ether oxygens (including phenoxy) is 1. The van der Waals surface area contributed by atoms with Gasteiger partial charge in [0.15, 0.2) is 0 Å². The summed E-state index contributed by atoms with van der Waals surface area (Å²) in [5.74, 6) is -0.879. The molecule has 2 N–H and O–H groups in total. The molecule has 0 spiro atoms. The molecule has 2 rings (SSSR count). The fourth-order valence-corrected chi connectivity index (χ4v) is 2.62. The number of carbonyl (C=O) groups excluding carboxylic acids is 1. The Morgan fingerprint density at radius 2 is 2.04 bits per heavy atom. The maximum atomic E-state index is 12.8. The number of carbonyl (C=O) groups is 1. The minimum absolute atomic E-state index is 0.0177. The van der Waals surface area contributed by atoms with E-state index in [-0.39, 0.29) is 33.6 Å². The van der Waals surface area contributed by atoms with Gasteiger partial charge in [-0.15, -0.1) is 0 Å². The topological polar surface area (TPSA) is 101 Å². The van der Waals surface area contributed by atoms with E-state index in [2.05, 4.69) is 9.97 Å². The molecule has 0 saturated heterocycles. The Kier molecular flexibility index (Phi) is 5.53. The van der Waals surface area contributed by atoms with Crippen LogP contribution >= 0.6 is 0 Å². The van der Waals surface area contributed by atoms with Crippen LogP contribution in [0.1, 0.15) is 28.4 Å². The van der Waals surface area contributed by atoms with Crippen LogP contribution in [-0.4, -0.2) is 33.2 Å². The average Bonchev–Trinajstić information content (AvgIpc) is 2.58. The summed E-state index contributed by atoms with van der Waals surface area (Å²) < 4.78 is 54.9. The Hall–Kier alpha value is -2.33. The Balaban J connectivity index is 2.44. The molecule has 134 valence electrons. The van der Waals surface area contributed by atoms with Gasteiger partial charge in [-0.05, 0) is 25.1 Å². The van der Waals surface area contributed by atoms with Gasteiger partial charge < -0.3 is 15.0 Å². The zero-order chi connectivity index (χ0) is 18.8. The summed E-state index contributed by atoms with van der Waals surface area (Å²) in [6.45, 7) is 1.67. The Bertz CT molecular complexity index is 799. The van der Waals surface area contributed by atoms with Crippen molar-refractivity contribution in [3.05, 3.63) is 41.1 Å². The van der Waals surface area contributed by atoms with E-state index in [0.717, 1.165) is 31.5 Å². The third-order valence-electron chi connectivity index (χ3n) is 3.28. The first-order valence-corrected chi connectivity index (χ1v) is 8.31. The molecule has 10 heteroatoms. The molecule has 0 aliphatic rings. The summed E-state index contributed by atoms with van der Waals surface area (Å²) in [5, 5.41) is -0.0177. The smallest absolute Gasteiger partial charge is 0.416 e. The molecule has 0 aliphatic heterocycles. The van der Waals surface area contributed by atoms with Crippen LogP contribution in [0.15, 0.2) is 29.6 Å². The first kappa shape index (κ1) is 19.0. The second-order valence-electron chi connectivity index (χ2n) is 4.83. The van der Waals surface area contributed by atoms with E-state index in [1.165, 1.54) is 0 Å². The second-order valence-corrected chi connectivity index (χ2v) is 6.46. The normalized spacial score (nSPS) is 12.7. The van der Waals surface area contributed by atoms with Gasteiger partial charge in [-0.25, -0.2) is 0 Å². The van der Waals surface area contributed by atoms with Crippen LogP contribution in [0.25, 0.3) is 0 Å². The van der Waals surface area contributed by atoms with Gasteiger partial charge in [0.1, 0.15) is 17.3 Å². The highest BCUT2D eigenvalue weighted by Crippen LogP contribution is 2.34. The number of nitrogens with two attached hydrogens (primary N) is 1. The number of alkyl halides is 3. The summed E-state index contributed by atoms with van der Waals surface area (Å²) in [6.07, 6.45) is -3.46. The number of hydrogen-bond acceptors (Lipinski definition) is 6. The van der Waals surface area contributed by atoms with E-state index in [1.54, 1.807) is 6.92 Å². The molecule has 0 amide bonds. The average molecular weight is 373 g/mol. The van der Waals surface area contributed by atoms with E-state index in [9.17, 15) is 22.5 Å². The van der Waals surface area contributed by atoms with Crippen molar-refractivity contribution in [2.45, 2.75) is 18.3 Å². The van der Waals surface area contributed by atoms with Crippen LogP contribution in [0.2, 0.25) is 0 Å². The summed E-state index contributed by atoms with van der Waals surface area (Å²) in [7, 11) is 1.15. The predicted molar refractivity (Wildman–Crippen MR) is 84.8 cm³/mol. The molecule has 6 nitrogen and oxygen atoms in total. The molecule has 1 unspecified atom stereocenters. The lowest BCUT2D eigenvalue weighted by Crippen LogP contribution is -2.15. The van der Waals surface area contributed by atoms with Gasteiger partial charge in [-0.1, -0.05) is 0 Å². The first-order valence-electron chi connectivity index (χ1n) is 6.99. The maximum Gasteiger partial charge on any atom is 0.416 e. The highest BCUT2D eigenvalue weighted by atomic mass is 32.2. The lowest BCUT2D eigenvalue weighted by molar-refractivity contribution is -0.137. The molecule has 1 aromatic heterocycles. The number of halogens is 3. The molecule has 0 radical (unpaired) electrons. The number of ketones is 1. The minimum Gasteiger partial charge on any atom is -0.609 e. The quantitative estimate of drug-likeness (QED) is 0.491. The molecule has 0 bridgehead atoms. The Labute approximate surface area is 144 Å². The van der Waals surface area contributed by atoms with E-state index in [0.29, 0.717) is 0 Å². The number of anilines is 1. The molecule has 0 saturated carbocycles. The zero-order valence-corrected chi connectivity index (χ0v) is 14.1. The molecule has 1 aromatic carbocycles.